The first-order valence-electron chi connectivity index (χ1n) is 9.77. The standard InChI is InChI=1S/C20H24N4O6/c1-13-7-5-6-10-20(13)18(28)24(19(29)21-20)11-16(26)30-12-15(25)22-23-17(27)14-8-3-2-4-9-14/h2-4,8-9,13H,5-7,10-12H2,1H3,(H,21,29)(H,22,25)(H,23,27)/t13-,20-/m1/s1. The number of hydrogen-bond acceptors (Lipinski definition) is 6. The third kappa shape index (κ3) is 4.42. The van der Waals surface area contributed by atoms with E-state index in [4.69, 9.17) is 4.74 Å². The number of ether oxygens (including phenoxy) is 1. The smallest absolute Gasteiger partial charge is 0.326 e. The number of imide groups is 1. The third-order valence-electron chi connectivity index (χ3n) is 5.50. The lowest BCUT2D eigenvalue weighted by Gasteiger charge is -2.36. The number of rotatable bonds is 5. The van der Waals surface area contributed by atoms with Crippen LogP contribution in [-0.2, 0) is 19.1 Å². The Kier molecular flexibility index (Phi) is 6.34. The van der Waals surface area contributed by atoms with Gasteiger partial charge in [-0.1, -0.05) is 38.0 Å². The van der Waals surface area contributed by atoms with E-state index in [9.17, 15) is 24.0 Å². The Morgan fingerprint density at radius 2 is 1.90 bits per heavy atom. The molecule has 2 atom stereocenters. The fourth-order valence-corrected chi connectivity index (χ4v) is 3.78. The van der Waals surface area contributed by atoms with Crippen molar-refractivity contribution in [3.8, 4) is 0 Å². The van der Waals surface area contributed by atoms with E-state index < -0.39 is 48.4 Å². The van der Waals surface area contributed by atoms with Crippen LogP contribution in [-0.4, -0.2) is 53.3 Å². The van der Waals surface area contributed by atoms with Gasteiger partial charge in [0.05, 0.1) is 0 Å². The summed E-state index contributed by atoms with van der Waals surface area (Å²) in [6.07, 6.45) is 3.17. The molecule has 1 aromatic carbocycles. The first kappa shape index (κ1) is 21.3. The van der Waals surface area contributed by atoms with E-state index in [0.717, 1.165) is 24.2 Å². The molecule has 0 aromatic heterocycles. The molecular formula is C20H24N4O6. The summed E-state index contributed by atoms with van der Waals surface area (Å²) in [5.74, 6) is -2.65. The Balaban J connectivity index is 1.45. The van der Waals surface area contributed by atoms with Gasteiger partial charge in [0.15, 0.2) is 6.61 Å². The Bertz CT molecular complexity index is 858. The molecule has 10 nitrogen and oxygen atoms in total. The number of nitrogens with one attached hydrogen (secondary N) is 3. The van der Waals surface area contributed by atoms with Crippen molar-refractivity contribution < 1.29 is 28.7 Å². The predicted octanol–water partition coefficient (Wildman–Crippen LogP) is 0.492. The molecule has 1 aliphatic heterocycles. The molecule has 10 heteroatoms. The molecule has 1 aliphatic carbocycles. The monoisotopic (exact) mass is 416 g/mol. The van der Waals surface area contributed by atoms with Gasteiger partial charge in [-0.25, -0.2) is 4.79 Å². The van der Waals surface area contributed by atoms with E-state index >= 15 is 0 Å². The molecule has 3 N–H and O–H groups in total. The van der Waals surface area contributed by atoms with Crippen LogP contribution in [0.2, 0.25) is 0 Å². The number of esters is 1. The van der Waals surface area contributed by atoms with Crippen LogP contribution in [0.5, 0.6) is 0 Å². The third-order valence-corrected chi connectivity index (χ3v) is 5.50. The Labute approximate surface area is 173 Å². The largest absolute Gasteiger partial charge is 0.454 e. The highest BCUT2D eigenvalue weighted by Gasteiger charge is 2.55. The van der Waals surface area contributed by atoms with Crippen molar-refractivity contribution in [2.45, 2.75) is 38.1 Å². The topological polar surface area (TPSA) is 134 Å². The van der Waals surface area contributed by atoms with Crippen molar-refractivity contribution in [3.63, 3.8) is 0 Å². The van der Waals surface area contributed by atoms with Crippen LogP contribution in [0.3, 0.4) is 0 Å². The van der Waals surface area contributed by atoms with E-state index in [2.05, 4.69) is 16.2 Å². The fraction of sp³-hybridized carbons (Fsp3) is 0.450. The van der Waals surface area contributed by atoms with Crippen LogP contribution >= 0.6 is 0 Å². The molecule has 1 aromatic rings. The summed E-state index contributed by atoms with van der Waals surface area (Å²) in [6, 6.07) is 7.60. The van der Waals surface area contributed by atoms with E-state index in [0.29, 0.717) is 12.0 Å². The van der Waals surface area contributed by atoms with Crippen LogP contribution in [0.15, 0.2) is 30.3 Å². The second-order valence-electron chi connectivity index (χ2n) is 7.47. The molecule has 0 unspecified atom stereocenters. The number of nitrogens with zero attached hydrogens (tertiary/aromatic N) is 1. The number of carbonyl (C=O) groups is 5. The molecule has 1 saturated heterocycles. The van der Waals surface area contributed by atoms with Gasteiger partial charge in [-0.05, 0) is 30.9 Å². The lowest BCUT2D eigenvalue weighted by atomic mass is 9.73. The van der Waals surface area contributed by atoms with Gasteiger partial charge in [-0.15, -0.1) is 0 Å². The van der Waals surface area contributed by atoms with Crippen molar-refractivity contribution in [1.29, 1.82) is 0 Å². The van der Waals surface area contributed by atoms with E-state index in [1.54, 1.807) is 30.3 Å². The Morgan fingerprint density at radius 1 is 1.17 bits per heavy atom. The highest BCUT2D eigenvalue weighted by molar-refractivity contribution is 6.09. The molecule has 2 fully saturated rings. The molecule has 2 aliphatic rings. The molecule has 1 heterocycles. The highest BCUT2D eigenvalue weighted by atomic mass is 16.5. The number of amides is 5. The first-order chi connectivity index (χ1) is 14.3. The number of carbonyl (C=O) groups excluding carboxylic acids is 5. The Morgan fingerprint density at radius 3 is 2.60 bits per heavy atom. The molecular weight excluding hydrogens is 392 g/mol. The fourth-order valence-electron chi connectivity index (χ4n) is 3.78. The number of hydrogen-bond donors (Lipinski definition) is 3. The van der Waals surface area contributed by atoms with E-state index in [1.165, 1.54) is 0 Å². The second kappa shape index (κ2) is 8.93. The van der Waals surface area contributed by atoms with Crippen LogP contribution < -0.4 is 16.2 Å². The number of urea groups is 1. The van der Waals surface area contributed by atoms with Crippen LogP contribution in [0.4, 0.5) is 4.79 Å². The maximum Gasteiger partial charge on any atom is 0.326 e. The number of hydrazine groups is 1. The van der Waals surface area contributed by atoms with Crippen LogP contribution in [0.1, 0.15) is 43.0 Å². The molecule has 5 amide bonds. The van der Waals surface area contributed by atoms with Gasteiger partial charge in [-0.2, -0.15) is 0 Å². The zero-order chi connectivity index (χ0) is 21.7. The van der Waals surface area contributed by atoms with Gasteiger partial charge in [0.2, 0.25) is 0 Å². The molecule has 0 bridgehead atoms. The van der Waals surface area contributed by atoms with Crippen molar-refractivity contribution >= 4 is 29.7 Å². The minimum absolute atomic E-state index is 0.0253. The summed E-state index contributed by atoms with van der Waals surface area (Å²) in [6.45, 7) is 0.662. The maximum atomic E-state index is 12.8. The molecule has 1 saturated carbocycles. The average Bonchev–Trinajstić information content (AvgIpc) is 2.98. The van der Waals surface area contributed by atoms with Gasteiger partial charge in [-0.3, -0.25) is 34.9 Å². The maximum absolute atomic E-state index is 12.8. The zero-order valence-corrected chi connectivity index (χ0v) is 16.6. The van der Waals surface area contributed by atoms with Crippen molar-refractivity contribution in [3.05, 3.63) is 35.9 Å². The lowest BCUT2D eigenvalue weighted by molar-refractivity contribution is -0.151. The summed E-state index contributed by atoms with van der Waals surface area (Å²) >= 11 is 0. The quantitative estimate of drug-likeness (QED) is 0.363. The van der Waals surface area contributed by atoms with Gasteiger partial charge in [0.1, 0.15) is 12.1 Å². The lowest BCUT2D eigenvalue weighted by Crippen LogP contribution is -2.54. The highest BCUT2D eigenvalue weighted by Crippen LogP contribution is 2.38. The SMILES string of the molecule is C[C@@H]1CCCC[C@@]12NC(=O)N(CC(=O)OCC(=O)NNC(=O)c1ccccc1)C2=O. The summed E-state index contributed by atoms with van der Waals surface area (Å²) in [5, 5.41) is 2.74. The Hall–Kier alpha value is -3.43. The summed E-state index contributed by atoms with van der Waals surface area (Å²) in [7, 11) is 0. The second-order valence-corrected chi connectivity index (χ2v) is 7.47. The van der Waals surface area contributed by atoms with Crippen molar-refractivity contribution in [1.82, 2.24) is 21.1 Å². The van der Waals surface area contributed by atoms with Gasteiger partial charge < -0.3 is 10.1 Å². The van der Waals surface area contributed by atoms with E-state index in [1.807, 2.05) is 6.92 Å². The van der Waals surface area contributed by atoms with Gasteiger partial charge in [0, 0.05) is 5.56 Å². The van der Waals surface area contributed by atoms with Crippen LogP contribution in [0, 0.1) is 5.92 Å². The minimum atomic E-state index is -0.964. The van der Waals surface area contributed by atoms with E-state index in [-0.39, 0.29) is 5.92 Å². The van der Waals surface area contributed by atoms with Crippen molar-refractivity contribution in [2.24, 2.45) is 5.92 Å². The molecule has 0 radical (unpaired) electrons. The molecule has 160 valence electrons. The van der Waals surface area contributed by atoms with Crippen LogP contribution in [0.25, 0.3) is 0 Å². The zero-order valence-electron chi connectivity index (χ0n) is 16.6. The predicted molar refractivity (Wildman–Crippen MR) is 104 cm³/mol. The summed E-state index contributed by atoms with van der Waals surface area (Å²) in [4.78, 5) is 61.5. The van der Waals surface area contributed by atoms with Gasteiger partial charge >= 0.3 is 12.0 Å². The minimum Gasteiger partial charge on any atom is -0.454 e. The molecule has 30 heavy (non-hydrogen) atoms. The average molecular weight is 416 g/mol. The summed E-state index contributed by atoms with van der Waals surface area (Å²) < 4.78 is 4.83. The molecule has 3 rings (SSSR count). The normalized spacial score (nSPS) is 23.1. The van der Waals surface area contributed by atoms with Gasteiger partial charge in [0.25, 0.3) is 17.7 Å². The van der Waals surface area contributed by atoms with Crippen molar-refractivity contribution in [2.75, 3.05) is 13.2 Å². The summed E-state index contributed by atoms with van der Waals surface area (Å²) in [5.41, 5.74) is 3.70. The molecule has 1 spiro atoms. The first-order valence-corrected chi connectivity index (χ1v) is 9.77. The number of benzene rings is 1.